The molecule has 0 atom stereocenters. The van der Waals surface area contributed by atoms with Crippen LogP contribution in [-0.2, 0) is 0 Å². The molecule has 1 aromatic carbocycles. The van der Waals surface area contributed by atoms with Gasteiger partial charge in [0.1, 0.15) is 5.82 Å². The van der Waals surface area contributed by atoms with E-state index in [-0.39, 0.29) is 23.6 Å². The van der Waals surface area contributed by atoms with E-state index in [1.807, 2.05) is 32.0 Å². The number of carbonyl (C=O) groups is 1. The Morgan fingerprint density at radius 3 is 2.36 bits per heavy atom. The molecule has 1 aliphatic carbocycles. The van der Waals surface area contributed by atoms with Gasteiger partial charge in [0.25, 0.3) is 5.91 Å². The van der Waals surface area contributed by atoms with Gasteiger partial charge in [-0.15, -0.1) is 0 Å². The van der Waals surface area contributed by atoms with E-state index in [4.69, 9.17) is 0 Å². The third kappa shape index (κ3) is 4.94. The minimum atomic E-state index is -1.02. The fourth-order valence-electron chi connectivity index (χ4n) is 3.32. The highest BCUT2D eigenvalue weighted by molar-refractivity contribution is 5.94. The van der Waals surface area contributed by atoms with E-state index in [9.17, 15) is 13.6 Å². The number of amides is 1. The molecule has 1 amide bonds. The number of nitrogens with zero attached hydrogens (tertiary/aromatic N) is 3. The number of halogens is 2. The number of benzene rings is 1. The molecule has 1 heterocycles. The number of rotatable bonds is 5. The molecule has 1 saturated carbocycles. The third-order valence-corrected chi connectivity index (χ3v) is 4.88. The van der Waals surface area contributed by atoms with Crippen LogP contribution < -0.4 is 15.5 Å². The lowest BCUT2D eigenvalue weighted by molar-refractivity contribution is 0.0926. The Morgan fingerprint density at radius 2 is 1.71 bits per heavy atom. The quantitative estimate of drug-likeness (QED) is 0.821. The average molecular weight is 389 g/mol. The molecule has 0 aliphatic heterocycles. The fourth-order valence-corrected chi connectivity index (χ4v) is 3.32. The van der Waals surface area contributed by atoms with E-state index in [1.165, 1.54) is 6.07 Å². The summed E-state index contributed by atoms with van der Waals surface area (Å²) in [5.41, 5.74) is 1.03. The topological polar surface area (TPSA) is 70.2 Å². The molecule has 3 rings (SSSR count). The van der Waals surface area contributed by atoms with Crippen molar-refractivity contribution in [2.24, 2.45) is 0 Å². The van der Waals surface area contributed by atoms with Crippen LogP contribution in [0, 0.1) is 18.6 Å². The molecule has 0 radical (unpaired) electrons. The van der Waals surface area contributed by atoms with Crippen molar-refractivity contribution in [3.8, 4) is 0 Å². The van der Waals surface area contributed by atoms with Gasteiger partial charge in [0.05, 0.1) is 0 Å². The lowest BCUT2D eigenvalue weighted by Crippen LogP contribution is -2.40. The summed E-state index contributed by atoms with van der Waals surface area (Å²) in [5, 5.41) is 6.29. The Morgan fingerprint density at radius 1 is 1.04 bits per heavy atom. The van der Waals surface area contributed by atoms with E-state index in [0.29, 0.717) is 5.95 Å². The van der Waals surface area contributed by atoms with Crippen LogP contribution in [-0.4, -0.2) is 42.1 Å². The van der Waals surface area contributed by atoms with E-state index in [0.717, 1.165) is 49.3 Å². The van der Waals surface area contributed by atoms with Gasteiger partial charge < -0.3 is 15.5 Å². The first-order chi connectivity index (χ1) is 13.3. The molecule has 0 unspecified atom stereocenters. The molecule has 1 fully saturated rings. The number of carbonyl (C=O) groups excluding carboxylic acids is 1. The first-order valence-corrected chi connectivity index (χ1v) is 9.37. The summed E-state index contributed by atoms with van der Waals surface area (Å²) in [6.07, 6.45) is 3.30. The van der Waals surface area contributed by atoms with Crippen LogP contribution in [0.5, 0.6) is 0 Å². The highest BCUT2D eigenvalue weighted by Crippen LogP contribution is 2.23. The van der Waals surface area contributed by atoms with Gasteiger partial charge in [-0.3, -0.25) is 4.79 Å². The van der Waals surface area contributed by atoms with E-state index >= 15 is 0 Å². The van der Waals surface area contributed by atoms with Gasteiger partial charge in [-0.25, -0.2) is 13.8 Å². The van der Waals surface area contributed by atoms with Crippen LogP contribution in [0.15, 0.2) is 24.3 Å². The Kier molecular flexibility index (Phi) is 6.06. The molecule has 1 aromatic heterocycles. The normalized spacial score (nSPS) is 19.2. The second kappa shape index (κ2) is 8.50. The van der Waals surface area contributed by atoms with Crippen molar-refractivity contribution >= 4 is 17.7 Å². The third-order valence-electron chi connectivity index (χ3n) is 4.88. The van der Waals surface area contributed by atoms with E-state index in [2.05, 4.69) is 20.6 Å². The van der Waals surface area contributed by atoms with Crippen LogP contribution >= 0.6 is 0 Å². The summed E-state index contributed by atoms with van der Waals surface area (Å²) in [7, 11) is 3.87. The molecule has 0 saturated heterocycles. The Hall–Kier alpha value is -2.77. The molecule has 0 bridgehead atoms. The standard InChI is InChI=1S/C20H25F2N5O/c1-12-10-18(27(2)3)26-20(23-12)25-15-7-5-14(6-8-15)24-19(28)13-4-9-16(21)17(22)11-13/h4,9-11,14-15H,5-8H2,1-3H3,(H,24,28)(H,23,25,26)/t14-,15+. The van der Waals surface area contributed by atoms with Crippen LogP contribution in [0.25, 0.3) is 0 Å². The minimum Gasteiger partial charge on any atom is -0.363 e. The van der Waals surface area contributed by atoms with Crippen LogP contribution in [0.2, 0.25) is 0 Å². The Balaban J connectivity index is 1.53. The molecular formula is C20H25F2N5O. The van der Waals surface area contributed by atoms with Crippen LogP contribution in [0.4, 0.5) is 20.5 Å². The van der Waals surface area contributed by atoms with E-state index < -0.39 is 11.6 Å². The second-order valence-electron chi connectivity index (χ2n) is 7.38. The average Bonchev–Trinajstić information content (AvgIpc) is 2.65. The summed E-state index contributed by atoms with van der Waals surface area (Å²) in [6.45, 7) is 1.94. The van der Waals surface area contributed by atoms with Gasteiger partial charge in [0.2, 0.25) is 5.95 Å². The zero-order valence-electron chi connectivity index (χ0n) is 16.3. The summed E-state index contributed by atoms with van der Waals surface area (Å²) in [4.78, 5) is 23.1. The number of hydrogen-bond donors (Lipinski definition) is 2. The molecule has 6 nitrogen and oxygen atoms in total. The summed E-state index contributed by atoms with van der Waals surface area (Å²) in [5.74, 6) is -0.900. The molecule has 28 heavy (non-hydrogen) atoms. The highest BCUT2D eigenvalue weighted by Gasteiger charge is 2.24. The molecule has 2 N–H and O–H groups in total. The minimum absolute atomic E-state index is 0.00873. The summed E-state index contributed by atoms with van der Waals surface area (Å²) >= 11 is 0. The smallest absolute Gasteiger partial charge is 0.251 e. The second-order valence-corrected chi connectivity index (χ2v) is 7.38. The van der Waals surface area contributed by atoms with Crippen molar-refractivity contribution in [2.75, 3.05) is 24.3 Å². The maximum atomic E-state index is 13.3. The largest absolute Gasteiger partial charge is 0.363 e. The lowest BCUT2D eigenvalue weighted by Gasteiger charge is -2.30. The Labute approximate surface area is 163 Å². The van der Waals surface area contributed by atoms with Gasteiger partial charge in [0.15, 0.2) is 11.6 Å². The molecule has 2 aromatic rings. The van der Waals surface area contributed by atoms with Gasteiger partial charge in [-0.05, 0) is 50.8 Å². The summed E-state index contributed by atoms with van der Waals surface area (Å²) in [6, 6.07) is 5.35. The first-order valence-electron chi connectivity index (χ1n) is 9.37. The number of hydrogen-bond acceptors (Lipinski definition) is 5. The van der Waals surface area contributed by atoms with Gasteiger partial charge in [-0.1, -0.05) is 0 Å². The number of nitrogens with one attached hydrogen (secondary N) is 2. The Bertz CT molecular complexity index is 850. The number of anilines is 2. The molecule has 150 valence electrons. The molecule has 8 heteroatoms. The van der Waals surface area contributed by atoms with Crippen LogP contribution in [0.3, 0.4) is 0 Å². The van der Waals surface area contributed by atoms with Crippen LogP contribution in [0.1, 0.15) is 41.7 Å². The van der Waals surface area contributed by atoms with Crippen molar-refractivity contribution in [1.82, 2.24) is 15.3 Å². The molecular weight excluding hydrogens is 364 g/mol. The number of aromatic nitrogens is 2. The monoisotopic (exact) mass is 389 g/mol. The fraction of sp³-hybridized carbons (Fsp3) is 0.450. The zero-order valence-corrected chi connectivity index (χ0v) is 16.3. The van der Waals surface area contributed by atoms with Gasteiger partial charge in [-0.2, -0.15) is 4.98 Å². The van der Waals surface area contributed by atoms with Crippen molar-refractivity contribution < 1.29 is 13.6 Å². The lowest BCUT2D eigenvalue weighted by atomic mass is 9.91. The van der Waals surface area contributed by atoms with Gasteiger partial charge >= 0.3 is 0 Å². The molecule has 1 aliphatic rings. The molecule has 0 spiro atoms. The van der Waals surface area contributed by atoms with Crippen molar-refractivity contribution in [2.45, 2.75) is 44.7 Å². The highest BCUT2D eigenvalue weighted by atomic mass is 19.2. The predicted molar refractivity (Wildman–Crippen MR) is 105 cm³/mol. The zero-order chi connectivity index (χ0) is 20.3. The maximum Gasteiger partial charge on any atom is 0.251 e. The van der Waals surface area contributed by atoms with Gasteiger partial charge in [0, 0.05) is 43.5 Å². The van der Waals surface area contributed by atoms with Crippen molar-refractivity contribution in [3.63, 3.8) is 0 Å². The number of aryl methyl sites for hydroxylation is 1. The predicted octanol–water partition coefficient (Wildman–Crippen LogP) is 3.28. The first kappa shape index (κ1) is 20.0. The van der Waals surface area contributed by atoms with Crippen molar-refractivity contribution in [1.29, 1.82) is 0 Å². The maximum absolute atomic E-state index is 13.3. The van der Waals surface area contributed by atoms with E-state index in [1.54, 1.807) is 0 Å². The summed E-state index contributed by atoms with van der Waals surface area (Å²) < 4.78 is 26.3. The van der Waals surface area contributed by atoms with Crippen molar-refractivity contribution in [3.05, 3.63) is 47.2 Å². The SMILES string of the molecule is Cc1cc(N(C)C)nc(N[C@H]2CC[C@@H](NC(=O)c3ccc(F)c(F)c3)CC2)n1.